The number of hydrogen-bond donors (Lipinski definition) is 1. The molecule has 1 saturated heterocycles. The fourth-order valence-corrected chi connectivity index (χ4v) is 3.73. The van der Waals surface area contributed by atoms with Crippen LogP contribution in [0.4, 0.5) is 4.39 Å². The molecule has 122 valence electrons. The van der Waals surface area contributed by atoms with Crippen molar-refractivity contribution < 1.29 is 14.0 Å². The van der Waals surface area contributed by atoms with Crippen LogP contribution in [-0.4, -0.2) is 28.8 Å². The summed E-state index contributed by atoms with van der Waals surface area (Å²) in [6.07, 6.45) is 1.55. The van der Waals surface area contributed by atoms with Crippen molar-refractivity contribution in [2.24, 2.45) is 11.7 Å². The lowest BCUT2D eigenvalue weighted by Crippen LogP contribution is -2.46. The van der Waals surface area contributed by atoms with Gasteiger partial charge in [0.25, 0.3) is 5.91 Å². The van der Waals surface area contributed by atoms with Gasteiger partial charge in [-0.3, -0.25) is 9.59 Å². The summed E-state index contributed by atoms with van der Waals surface area (Å²) < 4.78 is 14.2. The maximum Gasteiger partial charge on any atom is 0.255 e. The van der Waals surface area contributed by atoms with Gasteiger partial charge in [-0.05, 0) is 36.5 Å². The molecule has 0 radical (unpaired) electrons. The summed E-state index contributed by atoms with van der Waals surface area (Å²) in [6.45, 7) is 0. The van der Waals surface area contributed by atoms with Gasteiger partial charge in [-0.1, -0.05) is 36.4 Å². The average Bonchev–Trinajstić information content (AvgIpc) is 3.25. The summed E-state index contributed by atoms with van der Waals surface area (Å²) in [5, 5.41) is 0. The number of halogens is 1. The predicted octanol–water partition coefficient (Wildman–Crippen LogP) is 2.58. The van der Waals surface area contributed by atoms with Gasteiger partial charge in [0.15, 0.2) is 0 Å². The Hall–Kier alpha value is -2.69. The average molecular weight is 324 g/mol. The molecule has 0 aromatic heterocycles. The fraction of sp³-hybridized carbons (Fsp3) is 0.263. The van der Waals surface area contributed by atoms with Gasteiger partial charge < -0.3 is 10.6 Å². The molecule has 2 aromatic carbocycles. The van der Waals surface area contributed by atoms with E-state index in [9.17, 15) is 14.0 Å². The monoisotopic (exact) mass is 324 g/mol. The molecule has 4 rings (SSSR count). The number of likely N-dealkylation sites (tertiary alicyclic amines) is 1. The van der Waals surface area contributed by atoms with Crippen molar-refractivity contribution in [2.45, 2.75) is 24.9 Å². The van der Waals surface area contributed by atoms with Crippen molar-refractivity contribution in [1.29, 1.82) is 0 Å². The normalized spacial score (nSPS) is 24.5. The van der Waals surface area contributed by atoms with E-state index in [1.54, 1.807) is 47.4 Å². The van der Waals surface area contributed by atoms with E-state index in [0.717, 1.165) is 6.42 Å². The zero-order valence-corrected chi connectivity index (χ0v) is 13.0. The van der Waals surface area contributed by atoms with Crippen LogP contribution < -0.4 is 5.73 Å². The van der Waals surface area contributed by atoms with E-state index in [2.05, 4.69) is 0 Å². The zero-order chi connectivity index (χ0) is 16.8. The lowest BCUT2D eigenvalue weighted by molar-refractivity contribution is -0.122. The van der Waals surface area contributed by atoms with E-state index >= 15 is 0 Å². The molecule has 4 nitrogen and oxygen atoms in total. The number of piperidine rings is 1. The highest BCUT2D eigenvalue weighted by Gasteiger charge is 2.55. The van der Waals surface area contributed by atoms with Crippen LogP contribution in [0.2, 0.25) is 0 Å². The molecular formula is C19H17FN2O2. The summed E-state index contributed by atoms with van der Waals surface area (Å²) >= 11 is 0. The molecule has 5 heteroatoms. The van der Waals surface area contributed by atoms with Gasteiger partial charge in [0, 0.05) is 17.2 Å². The molecule has 3 atom stereocenters. The summed E-state index contributed by atoms with van der Waals surface area (Å²) in [5.41, 5.74) is 6.78. The highest BCUT2D eigenvalue weighted by Crippen LogP contribution is 2.48. The second-order valence-electron chi connectivity index (χ2n) is 6.45. The number of primary amides is 1. The minimum atomic E-state index is -0.560. The Labute approximate surface area is 139 Å². The Morgan fingerprint density at radius 2 is 1.67 bits per heavy atom. The van der Waals surface area contributed by atoms with E-state index in [-0.39, 0.29) is 17.8 Å². The summed E-state index contributed by atoms with van der Waals surface area (Å²) in [5.74, 6) is -0.733. The molecule has 0 unspecified atom stereocenters. The molecule has 2 aliphatic rings. The van der Waals surface area contributed by atoms with Gasteiger partial charge in [-0.15, -0.1) is 0 Å². The van der Waals surface area contributed by atoms with Crippen LogP contribution in [0, 0.1) is 11.7 Å². The molecule has 24 heavy (non-hydrogen) atoms. The molecule has 2 fully saturated rings. The molecule has 2 aromatic rings. The van der Waals surface area contributed by atoms with E-state index < -0.39 is 11.9 Å². The Morgan fingerprint density at radius 1 is 1.00 bits per heavy atom. The number of rotatable bonds is 3. The minimum Gasteiger partial charge on any atom is -0.368 e. The predicted molar refractivity (Wildman–Crippen MR) is 87.5 cm³/mol. The molecular weight excluding hydrogens is 307 g/mol. The number of benzene rings is 2. The smallest absolute Gasteiger partial charge is 0.255 e. The van der Waals surface area contributed by atoms with Crippen LogP contribution in [0.5, 0.6) is 0 Å². The Morgan fingerprint density at radius 3 is 2.38 bits per heavy atom. The van der Waals surface area contributed by atoms with Gasteiger partial charge >= 0.3 is 0 Å². The molecule has 0 bridgehead atoms. The molecule has 1 saturated carbocycles. The molecule has 1 heterocycles. The number of amides is 2. The van der Waals surface area contributed by atoms with Gasteiger partial charge in [0.1, 0.15) is 11.9 Å². The van der Waals surface area contributed by atoms with Crippen LogP contribution in [-0.2, 0) is 4.79 Å². The maximum absolute atomic E-state index is 14.2. The van der Waals surface area contributed by atoms with Crippen LogP contribution in [0.15, 0.2) is 48.5 Å². The van der Waals surface area contributed by atoms with Crippen LogP contribution in [0.1, 0.15) is 23.2 Å². The zero-order valence-electron chi connectivity index (χ0n) is 13.0. The third-order valence-corrected chi connectivity index (χ3v) is 4.99. The van der Waals surface area contributed by atoms with Gasteiger partial charge in [0.2, 0.25) is 5.91 Å². The molecule has 0 spiro atoms. The number of hydrogen-bond acceptors (Lipinski definition) is 2. The van der Waals surface area contributed by atoms with E-state index in [1.165, 1.54) is 6.07 Å². The highest BCUT2D eigenvalue weighted by atomic mass is 19.1. The third-order valence-electron chi connectivity index (χ3n) is 4.99. The number of carbonyl (C=O) groups is 2. The maximum atomic E-state index is 14.2. The van der Waals surface area contributed by atoms with E-state index in [4.69, 9.17) is 5.73 Å². The van der Waals surface area contributed by atoms with Crippen molar-refractivity contribution >= 4 is 11.8 Å². The quantitative estimate of drug-likeness (QED) is 0.943. The molecule has 2 amide bonds. The van der Waals surface area contributed by atoms with Crippen LogP contribution in [0.25, 0.3) is 11.1 Å². The summed E-state index contributed by atoms with van der Waals surface area (Å²) in [4.78, 5) is 26.4. The molecule has 1 aliphatic carbocycles. The van der Waals surface area contributed by atoms with Crippen LogP contribution in [0.3, 0.4) is 0 Å². The van der Waals surface area contributed by atoms with Crippen molar-refractivity contribution in [2.75, 3.05) is 0 Å². The summed E-state index contributed by atoms with van der Waals surface area (Å²) in [7, 11) is 0. The van der Waals surface area contributed by atoms with E-state index in [0.29, 0.717) is 29.0 Å². The number of carbonyl (C=O) groups excluding carboxylic acids is 2. The number of nitrogens with two attached hydrogens (primary N) is 1. The minimum absolute atomic E-state index is 0.0867. The number of fused-ring (bicyclic) bond motifs is 1. The first-order valence-electron chi connectivity index (χ1n) is 8.04. The molecule has 1 aliphatic heterocycles. The Bertz CT molecular complexity index is 836. The first-order chi connectivity index (χ1) is 11.6. The first kappa shape index (κ1) is 14.9. The van der Waals surface area contributed by atoms with Gasteiger partial charge in [-0.2, -0.15) is 0 Å². The standard InChI is InChI=1S/C19H17FN2O2/c20-15-8-4-3-6-13(15)12-5-1-2-7-14(12)19(24)22-16-9-11(16)10-17(22)18(21)23/h1-8,11,16-17H,9-10H2,(H2,21,23)/t11-,16+,17+/m1/s1. The Kier molecular flexibility index (Phi) is 3.37. The summed E-state index contributed by atoms with van der Waals surface area (Å²) in [6, 6.07) is 12.8. The second kappa shape index (κ2) is 5.44. The lowest BCUT2D eigenvalue weighted by Gasteiger charge is -2.26. The lowest BCUT2D eigenvalue weighted by atomic mass is 9.98. The van der Waals surface area contributed by atoms with Gasteiger partial charge in [0.05, 0.1) is 0 Å². The van der Waals surface area contributed by atoms with Crippen molar-refractivity contribution in [1.82, 2.24) is 4.90 Å². The second-order valence-corrected chi connectivity index (χ2v) is 6.45. The topological polar surface area (TPSA) is 63.4 Å². The fourth-order valence-electron chi connectivity index (χ4n) is 3.73. The largest absolute Gasteiger partial charge is 0.368 e. The highest BCUT2D eigenvalue weighted by molar-refractivity contribution is 6.03. The SMILES string of the molecule is NC(=O)[C@@H]1C[C@H]2C[C@@H]2N1C(=O)c1ccccc1-c1ccccc1F. The number of nitrogens with zero attached hydrogens (tertiary/aromatic N) is 1. The molecule has 2 N–H and O–H groups in total. The van der Waals surface area contributed by atoms with Gasteiger partial charge in [-0.25, -0.2) is 4.39 Å². The Balaban J connectivity index is 1.76. The van der Waals surface area contributed by atoms with Crippen molar-refractivity contribution in [3.8, 4) is 11.1 Å². The third kappa shape index (κ3) is 2.28. The van der Waals surface area contributed by atoms with Crippen LogP contribution >= 0.6 is 0 Å². The first-order valence-corrected chi connectivity index (χ1v) is 8.04. The van der Waals surface area contributed by atoms with Crippen molar-refractivity contribution in [3.63, 3.8) is 0 Å². The van der Waals surface area contributed by atoms with E-state index in [1.807, 2.05) is 0 Å². The van der Waals surface area contributed by atoms with Crippen molar-refractivity contribution in [3.05, 3.63) is 59.9 Å².